The molecule has 0 radical (unpaired) electrons. The van der Waals surface area contributed by atoms with Gasteiger partial charge in [0.1, 0.15) is 29.8 Å². The maximum absolute atomic E-state index is 10.1. The molecule has 0 aromatic rings. The molecule has 0 aromatic carbocycles. The smallest absolute Gasteiger partial charge is 0.161 e. The molecule has 2 aliphatic heterocycles. The second kappa shape index (κ2) is 5.34. The first kappa shape index (κ1) is 14.1. The van der Waals surface area contributed by atoms with E-state index in [1.807, 2.05) is 25.9 Å². The van der Waals surface area contributed by atoms with Crippen LogP contribution >= 0.6 is 11.8 Å². The SMILES string of the molecule is CO[C@@H](C)C1O[C@@H]2SC(N(C)C)=N[C@@H]2[C@@H](O)[C@@H]1O. The highest BCUT2D eigenvalue weighted by Gasteiger charge is 2.49. The molecule has 1 fully saturated rings. The summed E-state index contributed by atoms with van der Waals surface area (Å²) in [5.74, 6) is 0. The van der Waals surface area contributed by atoms with Crippen molar-refractivity contribution in [2.75, 3.05) is 21.2 Å². The lowest BCUT2D eigenvalue weighted by Crippen LogP contribution is -2.58. The van der Waals surface area contributed by atoms with Crippen molar-refractivity contribution in [2.24, 2.45) is 4.99 Å². The Morgan fingerprint density at radius 3 is 2.61 bits per heavy atom. The molecule has 0 amide bonds. The van der Waals surface area contributed by atoms with Crippen LogP contribution in [0.15, 0.2) is 4.99 Å². The van der Waals surface area contributed by atoms with Crippen molar-refractivity contribution in [3.8, 4) is 0 Å². The minimum Gasteiger partial charge on any atom is -0.388 e. The highest BCUT2D eigenvalue weighted by Crippen LogP contribution is 2.37. The van der Waals surface area contributed by atoms with E-state index >= 15 is 0 Å². The Labute approximate surface area is 111 Å². The van der Waals surface area contributed by atoms with Gasteiger partial charge in [0.25, 0.3) is 0 Å². The molecule has 1 saturated heterocycles. The van der Waals surface area contributed by atoms with E-state index in [-0.39, 0.29) is 11.5 Å². The van der Waals surface area contributed by atoms with Gasteiger partial charge < -0.3 is 24.6 Å². The van der Waals surface area contributed by atoms with Crippen LogP contribution in [-0.4, -0.2) is 77.4 Å². The van der Waals surface area contributed by atoms with Crippen LogP contribution in [0.2, 0.25) is 0 Å². The average molecular weight is 276 g/mol. The van der Waals surface area contributed by atoms with Crippen LogP contribution < -0.4 is 0 Å². The summed E-state index contributed by atoms with van der Waals surface area (Å²) in [6.45, 7) is 1.81. The van der Waals surface area contributed by atoms with E-state index in [0.29, 0.717) is 0 Å². The number of aliphatic hydroxyl groups excluding tert-OH is 2. The lowest BCUT2D eigenvalue weighted by atomic mass is 9.95. The first-order chi connectivity index (χ1) is 8.45. The molecule has 0 saturated carbocycles. The maximum Gasteiger partial charge on any atom is 0.161 e. The molecule has 1 unspecified atom stereocenters. The lowest BCUT2D eigenvalue weighted by Gasteiger charge is -2.40. The van der Waals surface area contributed by atoms with Crippen molar-refractivity contribution in [2.45, 2.75) is 42.8 Å². The minimum atomic E-state index is -0.980. The van der Waals surface area contributed by atoms with Crippen LogP contribution in [0.5, 0.6) is 0 Å². The number of hydrogen-bond donors (Lipinski definition) is 2. The number of hydrogen-bond acceptors (Lipinski definition) is 7. The fourth-order valence-corrected chi connectivity index (χ4v) is 3.26. The summed E-state index contributed by atoms with van der Waals surface area (Å²) in [4.78, 5) is 6.27. The van der Waals surface area contributed by atoms with Gasteiger partial charge in [0, 0.05) is 21.2 Å². The number of fused-ring (bicyclic) bond motifs is 1. The van der Waals surface area contributed by atoms with Crippen LogP contribution in [0, 0.1) is 0 Å². The molecule has 2 aliphatic rings. The third kappa shape index (κ3) is 2.37. The first-order valence-corrected chi connectivity index (χ1v) is 6.80. The Morgan fingerprint density at radius 2 is 2.06 bits per heavy atom. The molecule has 0 aromatic heterocycles. The molecule has 104 valence electrons. The number of nitrogens with zero attached hydrogens (tertiary/aromatic N) is 2. The standard InChI is InChI=1S/C11H20N2O4S/c1-5(16-4)9-8(15)7(14)6-10(17-9)18-11(12-6)13(2)3/h5-10,14-15H,1-4H3/t5-,6+,7+,8-,9?,10+/m0/s1. The molecule has 6 nitrogen and oxygen atoms in total. The topological polar surface area (TPSA) is 74.5 Å². The summed E-state index contributed by atoms with van der Waals surface area (Å²) >= 11 is 1.47. The van der Waals surface area contributed by atoms with Crippen LogP contribution in [0.3, 0.4) is 0 Å². The molecule has 2 heterocycles. The lowest BCUT2D eigenvalue weighted by molar-refractivity contribution is -0.186. The second-order valence-electron chi connectivity index (χ2n) is 4.81. The Morgan fingerprint density at radius 1 is 1.39 bits per heavy atom. The molecule has 6 atom stereocenters. The molecule has 7 heteroatoms. The van der Waals surface area contributed by atoms with Gasteiger partial charge in [-0.1, -0.05) is 11.8 Å². The summed E-state index contributed by atoms with van der Waals surface area (Å²) in [6.07, 6.45) is -2.71. The number of aliphatic hydroxyl groups is 2. The van der Waals surface area contributed by atoms with E-state index in [2.05, 4.69) is 4.99 Å². The van der Waals surface area contributed by atoms with E-state index in [1.165, 1.54) is 11.8 Å². The van der Waals surface area contributed by atoms with E-state index < -0.39 is 24.4 Å². The normalized spacial score (nSPS) is 41.2. The number of methoxy groups -OCH3 is 1. The van der Waals surface area contributed by atoms with E-state index in [1.54, 1.807) is 7.11 Å². The third-order valence-corrected chi connectivity index (χ3v) is 4.61. The molecule has 0 bridgehead atoms. The van der Waals surface area contributed by atoms with Crippen LogP contribution in [0.1, 0.15) is 6.92 Å². The molecule has 2 N–H and O–H groups in total. The Kier molecular flexibility index (Phi) is 4.18. The van der Waals surface area contributed by atoms with Crippen molar-refractivity contribution in [3.63, 3.8) is 0 Å². The maximum atomic E-state index is 10.1. The van der Waals surface area contributed by atoms with Crippen LogP contribution in [0.25, 0.3) is 0 Å². The zero-order chi connectivity index (χ0) is 13.4. The minimum absolute atomic E-state index is 0.261. The number of aliphatic imine (C=N–C) groups is 1. The largest absolute Gasteiger partial charge is 0.388 e. The monoisotopic (exact) mass is 276 g/mol. The Bertz CT molecular complexity index is 339. The Balaban J connectivity index is 2.14. The molecule has 0 aliphatic carbocycles. The molecule has 2 rings (SSSR count). The molecular formula is C11H20N2O4S. The van der Waals surface area contributed by atoms with Gasteiger partial charge in [0.05, 0.1) is 6.10 Å². The van der Waals surface area contributed by atoms with E-state index in [4.69, 9.17) is 9.47 Å². The van der Waals surface area contributed by atoms with Crippen molar-refractivity contribution >= 4 is 16.9 Å². The van der Waals surface area contributed by atoms with Gasteiger partial charge >= 0.3 is 0 Å². The van der Waals surface area contributed by atoms with Crippen LogP contribution in [0.4, 0.5) is 0 Å². The molecular weight excluding hydrogens is 256 g/mol. The van der Waals surface area contributed by atoms with Gasteiger partial charge in [-0.15, -0.1) is 0 Å². The summed E-state index contributed by atoms with van der Waals surface area (Å²) in [5.41, 5.74) is -0.261. The van der Waals surface area contributed by atoms with Gasteiger partial charge in [0.2, 0.25) is 0 Å². The predicted octanol–water partition coefficient (Wildman–Crippen LogP) is -0.499. The average Bonchev–Trinajstić information content (AvgIpc) is 2.77. The van der Waals surface area contributed by atoms with Crippen molar-refractivity contribution < 1.29 is 19.7 Å². The van der Waals surface area contributed by atoms with Gasteiger partial charge in [-0.25, -0.2) is 0 Å². The highest BCUT2D eigenvalue weighted by molar-refractivity contribution is 8.14. The molecule has 18 heavy (non-hydrogen) atoms. The Hall–Kier alpha value is -0.340. The number of ether oxygens (including phenoxy) is 2. The van der Waals surface area contributed by atoms with Gasteiger partial charge in [-0.2, -0.15) is 0 Å². The summed E-state index contributed by atoms with van der Waals surface area (Å²) in [5, 5.41) is 21.0. The highest BCUT2D eigenvalue weighted by atomic mass is 32.2. The quantitative estimate of drug-likeness (QED) is 0.708. The van der Waals surface area contributed by atoms with Gasteiger partial charge in [-0.3, -0.25) is 4.99 Å². The fourth-order valence-electron chi connectivity index (χ4n) is 2.11. The van der Waals surface area contributed by atoms with E-state index in [9.17, 15) is 10.2 Å². The van der Waals surface area contributed by atoms with Crippen molar-refractivity contribution in [1.29, 1.82) is 0 Å². The summed E-state index contributed by atoms with van der Waals surface area (Å²) in [6, 6.07) is -0.414. The third-order valence-electron chi connectivity index (χ3n) is 3.30. The molecule has 0 spiro atoms. The van der Waals surface area contributed by atoms with Gasteiger partial charge in [-0.05, 0) is 6.92 Å². The fraction of sp³-hybridized carbons (Fsp3) is 0.909. The van der Waals surface area contributed by atoms with Crippen molar-refractivity contribution in [3.05, 3.63) is 0 Å². The zero-order valence-corrected chi connectivity index (χ0v) is 11.8. The zero-order valence-electron chi connectivity index (χ0n) is 11.0. The number of thioether (sulfide) groups is 1. The van der Waals surface area contributed by atoms with Crippen molar-refractivity contribution in [1.82, 2.24) is 4.90 Å². The number of amidine groups is 1. The predicted molar refractivity (Wildman–Crippen MR) is 69.6 cm³/mol. The number of rotatable bonds is 2. The van der Waals surface area contributed by atoms with Crippen LogP contribution in [-0.2, 0) is 9.47 Å². The van der Waals surface area contributed by atoms with E-state index in [0.717, 1.165) is 5.17 Å². The first-order valence-electron chi connectivity index (χ1n) is 5.92. The second-order valence-corrected chi connectivity index (χ2v) is 5.87. The summed E-state index contributed by atoms with van der Waals surface area (Å²) in [7, 11) is 5.34. The summed E-state index contributed by atoms with van der Waals surface area (Å²) < 4.78 is 11.0. The van der Waals surface area contributed by atoms with Gasteiger partial charge in [0.15, 0.2) is 5.17 Å².